The van der Waals surface area contributed by atoms with Crippen molar-refractivity contribution in [1.29, 1.82) is 0 Å². The van der Waals surface area contributed by atoms with Gasteiger partial charge in [-0.05, 0) is 108 Å². The highest BCUT2D eigenvalue weighted by Crippen LogP contribution is 2.34. The fourth-order valence-corrected chi connectivity index (χ4v) is 7.18. The molecule has 0 amide bonds. The maximum Gasteiger partial charge on any atom is 0.416 e. The Kier molecular flexibility index (Phi) is 12.1. The van der Waals surface area contributed by atoms with Crippen LogP contribution in [0.25, 0.3) is 58.7 Å². The maximum absolute atomic E-state index is 13.7. The molecule has 60 heavy (non-hydrogen) atoms. The second-order valence-corrected chi connectivity index (χ2v) is 14.5. The minimum Gasteiger partial charge on any atom is -0.166 e. The van der Waals surface area contributed by atoms with E-state index in [9.17, 15) is 13.2 Å². The smallest absolute Gasteiger partial charge is 0.166 e. The van der Waals surface area contributed by atoms with Crippen molar-refractivity contribution in [3.05, 3.63) is 274 Å². The molecule has 0 fully saturated rings. The molecule has 8 rings (SSSR count). The van der Waals surface area contributed by atoms with Crippen LogP contribution in [0.1, 0.15) is 61.2 Å². The fourth-order valence-electron chi connectivity index (χ4n) is 7.18. The summed E-state index contributed by atoms with van der Waals surface area (Å²) >= 11 is 0. The van der Waals surface area contributed by atoms with Gasteiger partial charge in [0, 0.05) is 0 Å². The van der Waals surface area contributed by atoms with E-state index < -0.39 is 11.7 Å². The first-order valence-electron chi connectivity index (χ1n) is 19.9. The number of rotatable bonds is 11. The van der Waals surface area contributed by atoms with Crippen molar-refractivity contribution < 1.29 is 13.2 Å². The normalized spacial score (nSPS) is 11.4. The summed E-state index contributed by atoms with van der Waals surface area (Å²) in [4.78, 5) is 0. The third-order valence-electron chi connectivity index (χ3n) is 10.4. The van der Waals surface area contributed by atoms with E-state index in [1.54, 1.807) is 6.07 Å². The Hall–Kier alpha value is -7.49. The molecule has 0 saturated carbocycles. The van der Waals surface area contributed by atoms with Gasteiger partial charge in [-0.3, -0.25) is 0 Å². The minimum absolute atomic E-state index is 0.507. The molecule has 0 unspecified atom stereocenters. The summed E-state index contributed by atoms with van der Waals surface area (Å²) in [7, 11) is 0. The molecule has 8 aromatic rings. The number of hydrogen-bond acceptors (Lipinski definition) is 0. The summed E-state index contributed by atoms with van der Waals surface area (Å²) in [5.41, 5.74) is 13.4. The summed E-state index contributed by atoms with van der Waals surface area (Å²) < 4.78 is 41.1. The molecule has 0 heterocycles. The molecule has 0 aromatic heterocycles. The van der Waals surface area contributed by atoms with Gasteiger partial charge in [0.2, 0.25) is 0 Å². The van der Waals surface area contributed by atoms with E-state index in [0.29, 0.717) is 11.1 Å². The van der Waals surface area contributed by atoms with Gasteiger partial charge in [0.15, 0.2) is 0 Å². The molecule has 0 aliphatic heterocycles. The molecular formula is C57H41F3. The molecule has 0 bridgehead atoms. The van der Waals surface area contributed by atoms with Crippen molar-refractivity contribution in [3.8, 4) is 11.1 Å². The molecule has 290 valence electrons. The Bertz CT molecular complexity index is 2690. The van der Waals surface area contributed by atoms with Crippen LogP contribution in [-0.2, 0) is 6.18 Å². The van der Waals surface area contributed by atoms with Crippen molar-refractivity contribution in [2.24, 2.45) is 0 Å². The lowest BCUT2D eigenvalue weighted by molar-refractivity contribution is -0.137. The first kappa shape index (κ1) is 39.3. The van der Waals surface area contributed by atoms with Crippen molar-refractivity contribution in [1.82, 2.24) is 0 Å². The number of halogens is 3. The molecule has 0 spiro atoms. The molecule has 0 radical (unpaired) electrons. The highest BCUT2D eigenvalue weighted by molar-refractivity contribution is 5.93. The maximum atomic E-state index is 13.7. The van der Waals surface area contributed by atoms with Gasteiger partial charge in [0.05, 0.1) is 5.56 Å². The van der Waals surface area contributed by atoms with Crippen LogP contribution in [0.5, 0.6) is 0 Å². The van der Waals surface area contributed by atoms with Gasteiger partial charge in [-0.15, -0.1) is 0 Å². The third-order valence-corrected chi connectivity index (χ3v) is 10.4. The predicted molar refractivity (Wildman–Crippen MR) is 247 cm³/mol. The second kappa shape index (κ2) is 18.4. The van der Waals surface area contributed by atoms with Crippen molar-refractivity contribution in [3.63, 3.8) is 0 Å². The zero-order chi connectivity index (χ0) is 41.2. The molecule has 0 aliphatic carbocycles. The van der Waals surface area contributed by atoms with Crippen molar-refractivity contribution >= 4 is 47.6 Å². The Balaban J connectivity index is 1.09. The fraction of sp³-hybridized carbons (Fsp3) is 0.0175. The molecular weight excluding hydrogens is 742 g/mol. The number of alkyl halides is 3. The van der Waals surface area contributed by atoms with Crippen LogP contribution in [0.3, 0.4) is 0 Å². The van der Waals surface area contributed by atoms with Crippen molar-refractivity contribution in [2.45, 2.75) is 6.18 Å². The summed E-state index contributed by atoms with van der Waals surface area (Å²) in [5, 5.41) is 0. The van der Waals surface area contributed by atoms with Crippen molar-refractivity contribution in [2.75, 3.05) is 0 Å². The minimum atomic E-state index is -4.43. The molecule has 0 aliphatic rings. The first-order valence-corrected chi connectivity index (χ1v) is 19.9. The van der Waals surface area contributed by atoms with Gasteiger partial charge in [-0.2, -0.15) is 13.2 Å². The van der Waals surface area contributed by atoms with Crippen LogP contribution in [-0.4, -0.2) is 0 Å². The standard InChI is InChI=1S/C57H41F3/c58-57(59,60)54-23-13-22-51(41-54)53-37-36-46(34-32-42-24-28-44(29-25-42)38-55(47-14-5-1-6-15-47)48-16-7-2-8-17-48)52(40-53)35-33-43-26-30-45(31-27-43)39-56(49-18-9-3-10-19-49)50-20-11-4-12-21-50/h1-41H. The van der Waals surface area contributed by atoms with Crippen LogP contribution in [0.2, 0.25) is 0 Å². The molecule has 3 heteroatoms. The second-order valence-electron chi connectivity index (χ2n) is 14.5. The zero-order valence-corrected chi connectivity index (χ0v) is 32.8. The summed E-state index contributed by atoms with van der Waals surface area (Å²) in [6.45, 7) is 0. The van der Waals surface area contributed by atoms with Gasteiger partial charge < -0.3 is 0 Å². The summed E-state index contributed by atoms with van der Waals surface area (Å²) in [6.07, 6.45) is 8.19. The zero-order valence-electron chi connectivity index (χ0n) is 32.8. The molecule has 8 aromatic carbocycles. The van der Waals surface area contributed by atoms with Crippen LogP contribution in [0.15, 0.2) is 212 Å². The topological polar surface area (TPSA) is 0 Å². The van der Waals surface area contributed by atoms with Gasteiger partial charge in [-0.1, -0.05) is 218 Å². The van der Waals surface area contributed by atoms with Gasteiger partial charge in [0.25, 0.3) is 0 Å². The summed E-state index contributed by atoms with van der Waals surface area (Å²) in [5.74, 6) is 0. The SMILES string of the molecule is FC(F)(F)c1cccc(-c2ccc(C=Cc3ccc(C=C(c4ccccc4)c4ccccc4)cc3)c(C=Cc3ccc(C=C(c4ccccc4)c4ccccc4)cc3)c2)c1. The lowest BCUT2D eigenvalue weighted by Crippen LogP contribution is -2.04. The van der Waals surface area contributed by atoms with E-state index in [0.717, 1.165) is 72.8 Å². The van der Waals surface area contributed by atoms with Gasteiger partial charge >= 0.3 is 6.18 Å². The van der Waals surface area contributed by atoms with E-state index in [-0.39, 0.29) is 0 Å². The van der Waals surface area contributed by atoms with Crippen LogP contribution in [0.4, 0.5) is 13.2 Å². The average molecular weight is 783 g/mol. The van der Waals surface area contributed by atoms with E-state index in [4.69, 9.17) is 0 Å². The monoisotopic (exact) mass is 782 g/mol. The summed E-state index contributed by atoms with van der Waals surface area (Å²) in [6, 6.07) is 69.6. The lowest BCUT2D eigenvalue weighted by atomic mass is 9.95. The van der Waals surface area contributed by atoms with E-state index in [1.807, 2.05) is 54.6 Å². The largest absolute Gasteiger partial charge is 0.416 e. The first-order chi connectivity index (χ1) is 29.4. The average Bonchev–Trinajstić information content (AvgIpc) is 3.30. The van der Waals surface area contributed by atoms with Gasteiger partial charge in [-0.25, -0.2) is 0 Å². The predicted octanol–water partition coefficient (Wildman–Crippen LogP) is 15.9. The van der Waals surface area contributed by atoms with E-state index in [2.05, 4.69) is 170 Å². The number of benzene rings is 8. The molecule has 0 atom stereocenters. The Morgan fingerprint density at radius 3 is 1.12 bits per heavy atom. The van der Waals surface area contributed by atoms with E-state index in [1.165, 1.54) is 12.1 Å². The lowest BCUT2D eigenvalue weighted by Gasteiger charge is -2.11. The number of hydrogen-bond donors (Lipinski definition) is 0. The highest BCUT2D eigenvalue weighted by Gasteiger charge is 2.30. The highest BCUT2D eigenvalue weighted by atomic mass is 19.4. The van der Waals surface area contributed by atoms with Gasteiger partial charge in [0.1, 0.15) is 0 Å². The Morgan fingerprint density at radius 2 is 0.700 bits per heavy atom. The van der Waals surface area contributed by atoms with Crippen LogP contribution >= 0.6 is 0 Å². The van der Waals surface area contributed by atoms with Crippen LogP contribution < -0.4 is 0 Å². The Morgan fingerprint density at radius 1 is 0.317 bits per heavy atom. The quantitative estimate of drug-likeness (QED) is 0.115. The third kappa shape index (κ3) is 9.96. The molecule has 0 N–H and O–H groups in total. The van der Waals surface area contributed by atoms with Crippen LogP contribution in [0, 0.1) is 0 Å². The molecule has 0 saturated heterocycles. The Labute approximate surface area is 350 Å². The van der Waals surface area contributed by atoms with E-state index >= 15 is 0 Å². The molecule has 0 nitrogen and oxygen atoms in total.